The molecule has 0 aliphatic rings. The van der Waals surface area contributed by atoms with E-state index >= 15 is 0 Å². The van der Waals surface area contributed by atoms with Crippen molar-refractivity contribution < 1.29 is 0 Å². The highest BCUT2D eigenvalue weighted by Gasteiger charge is 2.03. The monoisotopic (exact) mass is 255 g/mol. The smallest absolute Gasteiger partial charge is 0.267 e. The zero-order valence-electron chi connectivity index (χ0n) is 9.33. The average Bonchev–Trinajstić information content (AvgIpc) is 2.40. The van der Waals surface area contributed by atoms with E-state index in [-0.39, 0.29) is 5.56 Å². The number of pyridine rings is 1. The van der Waals surface area contributed by atoms with E-state index in [4.69, 9.17) is 0 Å². The summed E-state index contributed by atoms with van der Waals surface area (Å²) in [6, 6.07) is 11.8. The van der Waals surface area contributed by atoms with Crippen LogP contribution in [0.4, 0.5) is 0 Å². The molecular formula is C13H9N3OS. The first-order valence-corrected chi connectivity index (χ1v) is 6.21. The van der Waals surface area contributed by atoms with E-state index in [2.05, 4.69) is 15.2 Å². The van der Waals surface area contributed by atoms with Crippen LogP contribution >= 0.6 is 11.8 Å². The average molecular weight is 255 g/mol. The number of aromatic nitrogens is 3. The summed E-state index contributed by atoms with van der Waals surface area (Å²) in [5, 5.41) is 8.38. The van der Waals surface area contributed by atoms with E-state index < -0.39 is 0 Å². The van der Waals surface area contributed by atoms with E-state index in [1.807, 2.05) is 36.4 Å². The lowest BCUT2D eigenvalue weighted by molar-refractivity contribution is 1.00. The third-order valence-corrected chi connectivity index (χ3v) is 3.43. The van der Waals surface area contributed by atoms with Crippen LogP contribution in [-0.2, 0) is 0 Å². The number of aromatic amines is 1. The maximum absolute atomic E-state index is 11.5. The zero-order chi connectivity index (χ0) is 12.4. The van der Waals surface area contributed by atoms with Crippen molar-refractivity contribution in [2.45, 2.75) is 9.92 Å². The number of nitrogens with one attached hydrogen (secondary N) is 1. The number of hydrogen-bond donors (Lipinski definition) is 1. The second kappa shape index (κ2) is 4.62. The van der Waals surface area contributed by atoms with Gasteiger partial charge < -0.3 is 0 Å². The first-order valence-electron chi connectivity index (χ1n) is 5.39. The van der Waals surface area contributed by atoms with Gasteiger partial charge in [0.15, 0.2) is 0 Å². The highest BCUT2D eigenvalue weighted by molar-refractivity contribution is 7.99. The molecule has 3 aromatic rings. The van der Waals surface area contributed by atoms with Crippen molar-refractivity contribution in [1.82, 2.24) is 15.2 Å². The van der Waals surface area contributed by atoms with E-state index in [9.17, 15) is 4.79 Å². The van der Waals surface area contributed by atoms with Gasteiger partial charge in [-0.2, -0.15) is 5.10 Å². The summed E-state index contributed by atoms with van der Waals surface area (Å²) in [7, 11) is 0. The van der Waals surface area contributed by atoms with E-state index in [0.29, 0.717) is 5.39 Å². The molecule has 0 saturated carbocycles. The van der Waals surface area contributed by atoms with Crippen LogP contribution in [0.5, 0.6) is 0 Å². The molecule has 0 aliphatic heterocycles. The molecule has 0 fully saturated rings. The fourth-order valence-corrected chi connectivity index (χ4v) is 2.46. The summed E-state index contributed by atoms with van der Waals surface area (Å²) >= 11 is 1.56. The van der Waals surface area contributed by atoms with Crippen molar-refractivity contribution in [2.75, 3.05) is 0 Å². The SMILES string of the molecule is O=c1[nH]ncc2cc(Sc3ccccc3)ncc12. The van der Waals surface area contributed by atoms with E-state index in [1.165, 1.54) is 0 Å². The van der Waals surface area contributed by atoms with Crippen LogP contribution < -0.4 is 5.56 Å². The molecule has 5 heteroatoms. The molecule has 1 N–H and O–H groups in total. The number of benzene rings is 1. The lowest BCUT2D eigenvalue weighted by Crippen LogP contribution is -2.07. The Balaban J connectivity index is 2.02. The molecule has 0 spiro atoms. The Hall–Kier alpha value is -2.14. The van der Waals surface area contributed by atoms with Gasteiger partial charge in [0.25, 0.3) is 5.56 Å². The molecule has 0 aliphatic carbocycles. The predicted molar refractivity (Wildman–Crippen MR) is 70.7 cm³/mol. The fraction of sp³-hybridized carbons (Fsp3) is 0. The van der Waals surface area contributed by atoms with Gasteiger partial charge in [-0.1, -0.05) is 30.0 Å². The van der Waals surface area contributed by atoms with Gasteiger partial charge >= 0.3 is 0 Å². The zero-order valence-corrected chi connectivity index (χ0v) is 10.1. The maximum Gasteiger partial charge on any atom is 0.273 e. The molecule has 0 atom stereocenters. The van der Waals surface area contributed by atoms with Gasteiger partial charge in [0, 0.05) is 16.5 Å². The Morgan fingerprint density at radius 1 is 1.11 bits per heavy atom. The number of hydrogen-bond acceptors (Lipinski definition) is 4. The van der Waals surface area contributed by atoms with Crippen LogP contribution in [0.3, 0.4) is 0 Å². The molecule has 2 aromatic heterocycles. The number of rotatable bonds is 2. The van der Waals surface area contributed by atoms with Crippen LogP contribution in [0.1, 0.15) is 0 Å². The summed E-state index contributed by atoms with van der Waals surface area (Å²) in [6.45, 7) is 0. The van der Waals surface area contributed by atoms with Crippen molar-refractivity contribution in [3.63, 3.8) is 0 Å². The highest BCUT2D eigenvalue weighted by atomic mass is 32.2. The molecule has 0 radical (unpaired) electrons. The van der Waals surface area contributed by atoms with Crippen LogP contribution in [0, 0.1) is 0 Å². The van der Waals surface area contributed by atoms with Crippen LogP contribution in [0.2, 0.25) is 0 Å². The van der Waals surface area contributed by atoms with Crippen molar-refractivity contribution >= 4 is 22.5 Å². The second-order valence-electron chi connectivity index (χ2n) is 3.72. The third kappa shape index (κ3) is 2.12. The molecule has 0 amide bonds. The summed E-state index contributed by atoms with van der Waals surface area (Å²) in [6.07, 6.45) is 3.22. The molecule has 0 bridgehead atoms. The van der Waals surface area contributed by atoms with Crippen LogP contribution in [0.15, 0.2) is 63.5 Å². The fourth-order valence-electron chi connectivity index (χ4n) is 1.63. The molecule has 2 heterocycles. The Labute approximate surface area is 107 Å². The molecule has 0 unspecified atom stereocenters. The number of nitrogens with zero attached hydrogens (tertiary/aromatic N) is 2. The van der Waals surface area contributed by atoms with Crippen molar-refractivity contribution in [3.8, 4) is 0 Å². The standard InChI is InChI=1S/C13H9N3OS/c17-13-11-8-14-12(6-9(11)7-15-16-13)18-10-4-2-1-3-5-10/h1-8H,(H,16,17). The second-order valence-corrected chi connectivity index (χ2v) is 4.82. The van der Waals surface area contributed by atoms with Crippen molar-refractivity contribution in [1.29, 1.82) is 0 Å². The summed E-state index contributed by atoms with van der Waals surface area (Å²) in [5.74, 6) is 0. The van der Waals surface area contributed by atoms with Gasteiger partial charge in [-0.15, -0.1) is 0 Å². The summed E-state index contributed by atoms with van der Waals surface area (Å²) < 4.78 is 0. The first-order chi connectivity index (χ1) is 8.83. The largest absolute Gasteiger partial charge is 0.273 e. The van der Waals surface area contributed by atoms with Gasteiger partial charge in [-0.3, -0.25) is 4.79 Å². The highest BCUT2D eigenvalue weighted by Crippen LogP contribution is 2.26. The van der Waals surface area contributed by atoms with Gasteiger partial charge in [0.2, 0.25) is 0 Å². The lowest BCUT2D eigenvalue weighted by Gasteiger charge is -2.01. The van der Waals surface area contributed by atoms with E-state index in [0.717, 1.165) is 15.3 Å². The van der Waals surface area contributed by atoms with Crippen molar-refractivity contribution in [2.24, 2.45) is 0 Å². The maximum atomic E-state index is 11.5. The Morgan fingerprint density at radius 3 is 2.78 bits per heavy atom. The summed E-state index contributed by atoms with van der Waals surface area (Å²) in [4.78, 5) is 16.9. The Kier molecular flexibility index (Phi) is 2.82. The van der Waals surface area contributed by atoms with E-state index in [1.54, 1.807) is 24.2 Å². The quantitative estimate of drug-likeness (QED) is 0.764. The molecular weight excluding hydrogens is 246 g/mol. The van der Waals surface area contributed by atoms with Gasteiger partial charge in [0.05, 0.1) is 11.6 Å². The summed E-state index contributed by atoms with van der Waals surface area (Å²) in [5.41, 5.74) is -0.212. The van der Waals surface area contributed by atoms with Crippen molar-refractivity contribution in [3.05, 3.63) is 59.1 Å². The molecule has 3 rings (SSSR count). The predicted octanol–water partition coefficient (Wildman–Crippen LogP) is 2.47. The minimum atomic E-state index is -0.212. The van der Waals surface area contributed by atoms with Gasteiger partial charge in [-0.05, 0) is 18.2 Å². The molecule has 4 nitrogen and oxygen atoms in total. The minimum Gasteiger partial charge on any atom is -0.267 e. The molecule has 88 valence electrons. The minimum absolute atomic E-state index is 0.212. The topological polar surface area (TPSA) is 58.6 Å². The lowest BCUT2D eigenvalue weighted by atomic mass is 10.3. The normalized spacial score (nSPS) is 10.7. The molecule has 1 aromatic carbocycles. The molecule has 18 heavy (non-hydrogen) atoms. The first kappa shape index (κ1) is 11.0. The van der Waals surface area contributed by atoms with Gasteiger partial charge in [-0.25, -0.2) is 10.1 Å². The molecule has 0 saturated heterocycles. The Morgan fingerprint density at radius 2 is 1.94 bits per heavy atom. The van der Waals surface area contributed by atoms with Crippen LogP contribution in [0.25, 0.3) is 10.8 Å². The van der Waals surface area contributed by atoms with Gasteiger partial charge in [0.1, 0.15) is 5.03 Å². The number of fused-ring (bicyclic) bond motifs is 1. The number of H-pyrrole nitrogens is 1. The Bertz CT molecular complexity index is 740. The third-order valence-electron chi connectivity index (χ3n) is 2.49. The van der Waals surface area contributed by atoms with Crippen LogP contribution in [-0.4, -0.2) is 15.2 Å².